The van der Waals surface area contributed by atoms with Crippen LogP contribution < -0.4 is 11.2 Å². The number of hydrogen-bond acceptors (Lipinski definition) is 11. The van der Waals surface area contributed by atoms with Crippen LogP contribution in [0.3, 0.4) is 0 Å². The van der Waals surface area contributed by atoms with E-state index in [9.17, 15) is 49.8 Å². The highest BCUT2D eigenvalue weighted by Crippen LogP contribution is 2.54. The molecule has 6 aromatic rings. The number of benzene rings is 4. The summed E-state index contributed by atoms with van der Waals surface area (Å²) >= 11 is 0. The molecule has 0 aliphatic rings. The van der Waals surface area contributed by atoms with E-state index in [1.807, 2.05) is 0 Å². The Morgan fingerprint density at radius 3 is 1.40 bits per heavy atom. The molecular weight excluding hydrogens is 672 g/mol. The van der Waals surface area contributed by atoms with Crippen LogP contribution in [0.5, 0.6) is 34.5 Å². The maximum Gasteiger partial charge on any atom is 0.332 e. The lowest BCUT2D eigenvalue weighted by atomic mass is 9.83. The Balaban J connectivity index is 0.000000310. The number of rotatable bonds is 5. The van der Waals surface area contributed by atoms with Crippen LogP contribution in [0.1, 0.15) is 82.5 Å². The summed E-state index contributed by atoms with van der Waals surface area (Å²) in [5.41, 5.74) is 1.51. The van der Waals surface area contributed by atoms with Crippen molar-refractivity contribution in [1.29, 1.82) is 0 Å². The molecule has 14 heteroatoms. The average molecular weight is 713 g/mol. The van der Waals surface area contributed by atoms with Crippen LogP contribution in [-0.4, -0.2) is 61.9 Å². The maximum absolute atomic E-state index is 12.0. The molecule has 0 saturated carbocycles. The number of carbonyl (C=O) groups excluding carboxylic acids is 2. The minimum absolute atomic E-state index is 0.00512. The Labute approximate surface area is 296 Å². The Kier molecular flexibility index (Phi) is 9.31. The Hall–Kier alpha value is -6.31. The molecule has 0 amide bonds. The van der Waals surface area contributed by atoms with Gasteiger partial charge in [0.05, 0.1) is 17.5 Å². The number of carbonyl (C=O) groups is 2. The van der Waals surface area contributed by atoms with E-state index in [0.29, 0.717) is 56.8 Å². The number of hydrogen-bond donors (Lipinski definition) is 6. The molecular formula is C38H40N4O10. The minimum atomic E-state index is -0.661. The largest absolute Gasteiger partial charge is 0.507 e. The molecule has 4 aromatic carbocycles. The van der Waals surface area contributed by atoms with Crippen LogP contribution in [0.25, 0.3) is 43.8 Å². The van der Waals surface area contributed by atoms with E-state index in [4.69, 9.17) is 0 Å². The number of aromatic hydroxyl groups is 6. The first-order chi connectivity index (χ1) is 24.3. The van der Waals surface area contributed by atoms with Crippen molar-refractivity contribution in [2.24, 2.45) is 21.1 Å². The van der Waals surface area contributed by atoms with Gasteiger partial charge in [-0.3, -0.25) is 23.5 Å². The molecule has 0 aliphatic heterocycles. The zero-order valence-corrected chi connectivity index (χ0v) is 30.1. The summed E-state index contributed by atoms with van der Waals surface area (Å²) < 4.78 is 4.04. The monoisotopic (exact) mass is 712 g/mol. The van der Waals surface area contributed by atoms with Gasteiger partial charge < -0.3 is 35.2 Å². The number of phenolic OH excluding ortho intramolecular Hbond substituents is 6. The molecule has 2 aromatic heterocycles. The van der Waals surface area contributed by atoms with E-state index in [1.54, 1.807) is 72.3 Å². The standard InChI is InChI=1S/C30H30O8.C8H10N4O2/c1-11(2)19-15-7-13(5)21(27(35)23(15)17(9-31)25(33)29(19)37)22-14(6)8-16-20(12(3)4)30(38)26(34)18(10-32)24(16)28(22)36;1-10-4-9-6-5(10)7(13)12(3)8(14)11(6)2/h7-12,33-38H,1-6H3;4H,1-3H3. The van der Waals surface area contributed by atoms with Crippen LogP contribution in [0.4, 0.5) is 0 Å². The normalized spacial score (nSPS) is 11.5. The lowest BCUT2D eigenvalue weighted by Crippen LogP contribution is -2.37. The Bertz CT molecular complexity index is 2500. The summed E-state index contributed by atoms with van der Waals surface area (Å²) in [7, 11) is 4.77. The van der Waals surface area contributed by atoms with Crippen LogP contribution >= 0.6 is 0 Å². The van der Waals surface area contributed by atoms with Crippen LogP contribution in [0.2, 0.25) is 0 Å². The molecule has 272 valence electrons. The van der Waals surface area contributed by atoms with Gasteiger partial charge in [-0.25, -0.2) is 9.78 Å². The highest BCUT2D eigenvalue weighted by Gasteiger charge is 2.29. The van der Waals surface area contributed by atoms with E-state index >= 15 is 0 Å². The lowest BCUT2D eigenvalue weighted by molar-refractivity contribution is 0.111. The predicted molar refractivity (Wildman–Crippen MR) is 197 cm³/mol. The highest BCUT2D eigenvalue weighted by molar-refractivity contribution is 6.14. The molecule has 6 N–H and O–H groups in total. The molecule has 52 heavy (non-hydrogen) atoms. The van der Waals surface area contributed by atoms with Crippen molar-refractivity contribution in [3.05, 3.63) is 72.7 Å². The summed E-state index contributed by atoms with van der Waals surface area (Å²) in [4.78, 5) is 51.2. The van der Waals surface area contributed by atoms with Gasteiger partial charge >= 0.3 is 5.69 Å². The molecule has 2 heterocycles. The van der Waals surface area contributed by atoms with Gasteiger partial charge in [-0.2, -0.15) is 0 Å². The lowest BCUT2D eigenvalue weighted by Gasteiger charge is -2.23. The second-order valence-corrected chi connectivity index (χ2v) is 13.5. The molecule has 0 unspecified atom stereocenters. The maximum atomic E-state index is 12.0. The zero-order chi connectivity index (χ0) is 38.8. The predicted octanol–water partition coefficient (Wildman–Crippen LogP) is 5.35. The van der Waals surface area contributed by atoms with E-state index in [2.05, 4.69) is 4.98 Å². The van der Waals surface area contributed by atoms with Gasteiger partial charge in [0.15, 0.2) is 46.7 Å². The zero-order valence-electron chi connectivity index (χ0n) is 30.1. The van der Waals surface area contributed by atoms with Crippen LogP contribution in [-0.2, 0) is 21.1 Å². The fraction of sp³-hybridized carbons (Fsp3) is 0.289. The summed E-state index contributed by atoms with van der Waals surface area (Å²) in [6.45, 7) is 10.5. The second-order valence-electron chi connectivity index (χ2n) is 13.5. The van der Waals surface area contributed by atoms with Gasteiger partial charge in [0.1, 0.15) is 11.5 Å². The smallest absolute Gasteiger partial charge is 0.332 e. The van der Waals surface area contributed by atoms with Crippen molar-refractivity contribution in [3.63, 3.8) is 0 Å². The average Bonchev–Trinajstić information content (AvgIpc) is 3.47. The minimum Gasteiger partial charge on any atom is -0.507 e. The summed E-state index contributed by atoms with van der Waals surface area (Å²) in [6, 6.07) is 3.31. The second kappa shape index (κ2) is 13.1. The summed E-state index contributed by atoms with van der Waals surface area (Å²) in [5, 5.41) is 66.4. The number of imidazole rings is 1. The number of nitrogens with zero attached hydrogens (tertiary/aromatic N) is 4. The molecule has 0 spiro atoms. The van der Waals surface area contributed by atoms with Gasteiger partial charge in [-0.15, -0.1) is 0 Å². The molecule has 6 rings (SSSR count). The fourth-order valence-electron chi connectivity index (χ4n) is 7.07. The number of phenols is 6. The van der Waals surface area contributed by atoms with Gasteiger partial charge in [-0.1, -0.05) is 39.8 Å². The molecule has 0 bridgehead atoms. The van der Waals surface area contributed by atoms with Crippen LogP contribution in [0, 0.1) is 13.8 Å². The van der Waals surface area contributed by atoms with Crippen molar-refractivity contribution in [3.8, 4) is 45.6 Å². The SMILES string of the molecule is Cc1cc2c(C(C)C)c(O)c(O)c(C=O)c2c(O)c1-c1c(C)cc2c(C(C)C)c(O)c(O)c(C=O)c2c1O.Cn1c(=O)c2c(ncn2C)n(C)c1=O. The van der Waals surface area contributed by atoms with Gasteiger partial charge in [0.2, 0.25) is 0 Å². The van der Waals surface area contributed by atoms with Gasteiger partial charge in [0, 0.05) is 54.2 Å². The number of fused-ring (bicyclic) bond motifs is 3. The van der Waals surface area contributed by atoms with Crippen molar-refractivity contribution < 1.29 is 40.2 Å². The van der Waals surface area contributed by atoms with Gasteiger partial charge in [-0.05, 0) is 47.6 Å². The van der Waals surface area contributed by atoms with Crippen molar-refractivity contribution in [2.45, 2.75) is 53.4 Å². The van der Waals surface area contributed by atoms with E-state index in [1.165, 1.54) is 17.9 Å². The topological polar surface area (TPSA) is 217 Å². The van der Waals surface area contributed by atoms with E-state index in [0.717, 1.165) is 4.57 Å². The van der Waals surface area contributed by atoms with Gasteiger partial charge in [0.25, 0.3) is 5.56 Å². The van der Waals surface area contributed by atoms with Crippen molar-refractivity contribution in [2.75, 3.05) is 0 Å². The first kappa shape index (κ1) is 37.0. The molecule has 0 fully saturated rings. The molecule has 0 saturated heterocycles. The molecule has 0 atom stereocenters. The van der Waals surface area contributed by atoms with Crippen LogP contribution in [0.15, 0.2) is 28.0 Å². The van der Waals surface area contributed by atoms with Crippen molar-refractivity contribution >= 4 is 45.3 Å². The Morgan fingerprint density at radius 2 is 1.04 bits per heavy atom. The highest BCUT2D eigenvalue weighted by atomic mass is 16.3. The third kappa shape index (κ3) is 5.29. The number of aromatic nitrogens is 4. The third-order valence-electron chi connectivity index (χ3n) is 9.54. The van der Waals surface area contributed by atoms with E-state index in [-0.39, 0.29) is 56.1 Å². The number of aldehydes is 2. The van der Waals surface area contributed by atoms with E-state index < -0.39 is 34.5 Å². The summed E-state index contributed by atoms with van der Waals surface area (Å²) in [6.07, 6.45) is 2.20. The first-order valence-electron chi connectivity index (χ1n) is 16.3. The first-order valence-corrected chi connectivity index (χ1v) is 16.3. The van der Waals surface area contributed by atoms with Crippen molar-refractivity contribution in [1.82, 2.24) is 18.7 Å². The third-order valence-corrected chi connectivity index (χ3v) is 9.54. The fourth-order valence-corrected chi connectivity index (χ4v) is 7.07. The molecule has 0 radical (unpaired) electrons. The molecule has 14 nitrogen and oxygen atoms in total. The Morgan fingerprint density at radius 1 is 0.635 bits per heavy atom. The quantitative estimate of drug-likeness (QED) is 0.0988. The number of aryl methyl sites for hydroxylation is 4. The molecule has 0 aliphatic carbocycles. The summed E-state index contributed by atoms with van der Waals surface area (Å²) in [5.74, 6) is -3.57.